The van der Waals surface area contributed by atoms with Crippen LogP contribution in [0.25, 0.3) is 0 Å². The maximum atomic E-state index is 9.07. The maximum Gasteiger partial charge on any atom is 0.0716 e. The molecule has 5 heteroatoms. The largest absolute Gasteiger partial charge is 0.395 e. The monoisotopic (exact) mass is 333 g/mol. The third-order valence-corrected chi connectivity index (χ3v) is 4.56. The van der Waals surface area contributed by atoms with Gasteiger partial charge in [0, 0.05) is 22.6 Å². The zero-order valence-electron chi connectivity index (χ0n) is 10.3. The highest BCUT2D eigenvalue weighted by atomic mass is 79.9. The van der Waals surface area contributed by atoms with Gasteiger partial charge >= 0.3 is 0 Å². The molecule has 0 aliphatic rings. The van der Waals surface area contributed by atoms with Crippen LogP contribution in [-0.4, -0.2) is 34.3 Å². The molecule has 0 spiro atoms. The van der Waals surface area contributed by atoms with Crippen LogP contribution >= 0.6 is 27.7 Å². The fraction of sp³-hybridized carbons (Fsp3) is 0.538. The van der Waals surface area contributed by atoms with Crippen LogP contribution in [0.3, 0.4) is 0 Å². The number of alkyl halides is 1. The van der Waals surface area contributed by atoms with Gasteiger partial charge in [0.1, 0.15) is 0 Å². The average Bonchev–Trinajstić information content (AvgIpc) is 2.42. The first-order chi connectivity index (χ1) is 8.77. The summed E-state index contributed by atoms with van der Waals surface area (Å²) < 4.78 is 6.45. The zero-order chi connectivity index (χ0) is 13.2. The van der Waals surface area contributed by atoms with Crippen molar-refractivity contribution in [1.82, 2.24) is 0 Å². The van der Waals surface area contributed by atoms with E-state index in [0.29, 0.717) is 13.2 Å². The third-order valence-electron chi connectivity index (χ3n) is 2.62. The Bertz CT molecular complexity index is 313. The Morgan fingerprint density at radius 2 is 2.06 bits per heavy atom. The van der Waals surface area contributed by atoms with E-state index in [1.165, 1.54) is 5.56 Å². The topological polar surface area (TPSA) is 55.5 Å². The van der Waals surface area contributed by atoms with Crippen molar-refractivity contribution in [3.05, 3.63) is 35.9 Å². The summed E-state index contributed by atoms with van der Waals surface area (Å²) in [4.78, 5) is 0. The number of nitrogens with two attached hydrogens (primary N) is 1. The Morgan fingerprint density at radius 3 is 2.67 bits per heavy atom. The molecule has 0 fully saturated rings. The van der Waals surface area contributed by atoms with Gasteiger partial charge in [0.05, 0.1) is 13.2 Å². The van der Waals surface area contributed by atoms with Crippen molar-refractivity contribution in [3.63, 3.8) is 0 Å². The minimum Gasteiger partial charge on any atom is -0.395 e. The SMILES string of the molecule is NC(CO)C(CCOCc1ccccc1)SCBr. The number of ether oxygens (including phenoxy) is 1. The second kappa shape index (κ2) is 9.81. The first-order valence-corrected chi connectivity index (χ1v) is 8.10. The molecule has 0 aromatic heterocycles. The minimum absolute atomic E-state index is 0.0172. The van der Waals surface area contributed by atoms with E-state index in [1.54, 1.807) is 11.8 Å². The average molecular weight is 334 g/mol. The summed E-state index contributed by atoms with van der Waals surface area (Å²) in [6.45, 7) is 1.30. The Kier molecular flexibility index (Phi) is 8.71. The fourth-order valence-electron chi connectivity index (χ4n) is 1.58. The quantitative estimate of drug-likeness (QED) is 0.538. The number of halogens is 1. The van der Waals surface area contributed by atoms with Crippen LogP contribution in [0.4, 0.5) is 0 Å². The number of hydrogen-bond donors (Lipinski definition) is 2. The highest BCUT2D eigenvalue weighted by Gasteiger charge is 2.16. The standard InChI is InChI=1S/C13H20BrNO2S/c14-10-18-13(12(15)8-16)6-7-17-9-11-4-2-1-3-5-11/h1-5,12-13,16H,6-10,15H2. The van der Waals surface area contributed by atoms with Crippen molar-refractivity contribution >= 4 is 27.7 Å². The van der Waals surface area contributed by atoms with Gasteiger partial charge in [0.25, 0.3) is 0 Å². The van der Waals surface area contributed by atoms with E-state index in [9.17, 15) is 0 Å². The number of benzene rings is 1. The second-order valence-electron chi connectivity index (χ2n) is 3.99. The first-order valence-electron chi connectivity index (χ1n) is 5.93. The summed E-state index contributed by atoms with van der Waals surface area (Å²) in [6.07, 6.45) is 0.852. The predicted octanol–water partition coefficient (Wildman–Crippen LogP) is 2.37. The summed E-state index contributed by atoms with van der Waals surface area (Å²) in [5.74, 6) is 0. The molecule has 1 aromatic carbocycles. The number of rotatable bonds is 9. The number of thioether (sulfide) groups is 1. The lowest BCUT2D eigenvalue weighted by molar-refractivity contribution is 0.115. The Hall–Kier alpha value is -0.0700. The van der Waals surface area contributed by atoms with Crippen LogP contribution in [0.15, 0.2) is 30.3 Å². The molecular weight excluding hydrogens is 314 g/mol. The molecule has 2 atom stereocenters. The highest BCUT2D eigenvalue weighted by Crippen LogP contribution is 2.19. The summed E-state index contributed by atoms with van der Waals surface area (Å²) in [7, 11) is 0. The molecule has 0 heterocycles. The maximum absolute atomic E-state index is 9.07. The lowest BCUT2D eigenvalue weighted by atomic mass is 10.2. The molecule has 0 bridgehead atoms. The van der Waals surface area contributed by atoms with Crippen molar-refractivity contribution in [2.24, 2.45) is 5.73 Å². The summed E-state index contributed by atoms with van der Waals surface area (Å²) >= 11 is 5.09. The number of hydrogen-bond acceptors (Lipinski definition) is 4. The minimum atomic E-state index is -0.187. The lowest BCUT2D eigenvalue weighted by Crippen LogP contribution is -2.36. The van der Waals surface area contributed by atoms with Gasteiger partial charge in [-0.2, -0.15) is 0 Å². The summed E-state index contributed by atoms with van der Waals surface area (Å²) in [5.41, 5.74) is 7.02. The molecule has 0 radical (unpaired) electrons. The molecule has 3 nitrogen and oxygen atoms in total. The van der Waals surface area contributed by atoms with E-state index in [1.807, 2.05) is 30.3 Å². The molecule has 102 valence electrons. The van der Waals surface area contributed by atoms with Gasteiger partial charge in [0.2, 0.25) is 0 Å². The smallest absolute Gasteiger partial charge is 0.0716 e. The van der Waals surface area contributed by atoms with Gasteiger partial charge in [-0.3, -0.25) is 0 Å². The Labute approximate surface area is 121 Å². The van der Waals surface area contributed by atoms with Crippen molar-refractivity contribution in [3.8, 4) is 0 Å². The summed E-state index contributed by atoms with van der Waals surface area (Å²) in [6, 6.07) is 9.90. The molecule has 0 aliphatic carbocycles. The molecule has 1 aromatic rings. The van der Waals surface area contributed by atoms with E-state index in [-0.39, 0.29) is 17.9 Å². The second-order valence-corrected chi connectivity index (χ2v) is 6.52. The van der Waals surface area contributed by atoms with Crippen LogP contribution < -0.4 is 5.73 Å². The molecule has 0 saturated carbocycles. The first kappa shape index (κ1) is 16.0. The highest BCUT2D eigenvalue weighted by molar-refractivity contribution is 9.11. The van der Waals surface area contributed by atoms with Gasteiger partial charge in [-0.15, -0.1) is 11.8 Å². The van der Waals surface area contributed by atoms with Gasteiger partial charge in [-0.25, -0.2) is 0 Å². The van der Waals surface area contributed by atoms with E-state index < -0.39 is 0 Å². The van der Waals surface area contributed by atoms with Crippen molar-refractivity contribution in [2.45, 2.75) is 24.3 Å². The van der Waals surface area contributed by atoms with Crippen LogP contribution in [-0.2, 0) is 11.3 Å². The number of aliphatic hydroxyl groups is 1. The van der Waals surface area contributed by atoms with Gasteiger partial charge in [0.15, 0.2) is 0 Å². The lowest BCUT2D eigenvalue weighted by Gasteiger charge is -2.20. The van der Waals surface area contributed by atoms with Crippen LogP contribution in [0.2, 0.25) is 0 Å². The van der Waals surface area contributed by atoms with E-state index in [0.717, 1.165) is 11.1 Å². The molecule has 18 heavy (non-hydrogen) atoms. The molecule has 0 aliphatic heterocycles. The molecule has 3 N–H and O–H groups in total. The summed E-state index contributed by atoms with van der Waals surface area (Å²) in [5, 5.41) is 9.30. The molecule has 0 saturated heterocycles. The van der Waals surface area contributed by atoms with Crippen molar-refractivity contribution in [2.75, 3.05) is 17.9 Å². The normalized spacial score (nSPS) is 14.4. The molecule has 0 amide bonds. The molecule has 1 rings (SSSR count). The van der Waals surface area contributed by atoms with E-state index in [4.69, 9.17) is 15.6 Å². The van der Waals surface area contributed by atoms with Crippen LogP contribution in [0.5, 0.6) is 0 Å². The zero-order valence-corrected chi connectivity index (χ0v) is 12.7. The molecule has 2 unspecified atom stereocenters. The Morgan fingerprint density at radius 1 is 1.33 bits per heavy atom. The number of aliphatic hydroxyl groups excluding tert-OH is 1. The van der Waals surface area contributed by atoms with Crippen molar-refractivity contribution < 1.29 is 9.84 Å². The fourth-order valence-corrected chi connectivity index (χ4v) is 3.36. The van der Waals surface area contributed by atoms with Crippen molar-refractivity contribution in [1.29, 1.82) is 0 Å². The van der Waals surface area contributed by atoms with Crippen LogP contribution in [0, 0.1) is 0 Å². The van der Waals surface area contributed by atoms with Gasteiger partial charge in [-0.05, 0) is 12.0 Å². The predicted molar refractivity (Wildman–Crippen MR) is 80.9 cm³/mol. The van der Waals surface area contributed by atoms with Gasteiger partial charge in [-0.1, -0.05) is 46.3 Å². The van der Waals surface area contributed by atoms with Crippen LogP contribution in [0.1, 0.15) is 12.0 Å². The van der Waals surface area contributed by atoms with E-state index >= 15 is 0 Å². The molecular formula is C13H20BrNO2S. The Balaban J connectivity index is 2.22. The van der Waals surface area contributed by atoms with Gasteiger partial charge < -0.3 is 15.6 Å². The third kappa shape index (κ3) is 6.20. The van der Waals surface area contributed by atoms with E-state index in [2.05, 4.69) is 15.9 Å².